The molecule has 0 unspecified atom stereocenters. The van der Waals surface area contributed by atoms with Crippen LogP contribution in [0.1, 0.15) is 30.4 Å². The lowest BCUT2D eigenvalue weighted by atomic mass is 10.1. The van der Waals surface area contributed by atoms with Gasteiger partial charge in [-0.2, -0.15) is 0 Å². The van der Waals surface area contributed by atoms with Crippen molar-refractivity contribution in [1.82, 2.24) is 10.3 Å². The minimum absolute atomic E-state index is 0. The number of nitrogens with one attached hydrogen (secondary N) is 2. The van der Waals surface area contributed by atoms with Gasteiger partial charge in [0, 0.05) is 31.0 Å². The Kier molecular flexibility index (Phi) is 15.3. The SMILES string of the molecule is COC(=O)CCc1ccccc1NC(=O)[C@@H](N)CCCNC(=O)OCc1ccncc1.Cl.Cl. The third-order valence-electron chi connectivity index (χ3n) is 4.52. The summed E-state index contributed by atoms with van der Waals surface area (Å²) in [7, 11) is 1.34. The Hall–Kier alpha value is -2.88. The summed E-state index contributed by atoms with van der Waals surface area (Å²) in [5, 5.41) is 5.44. The number of amides is 2. The zero-order valence-electron chi connectivity index (χ0n) is 18.3. The van der Waals surface area contributed by atoms with Crippen molar-refractivity contribution in [2.45, 2.75) is 38.3 Å². The fraction of sp³-hybridized carbons (Fsp3) is 0.364. The van der Waals surface area contributed by atoms with Gasteiger partial charge in [-0.05, 0) is 48.6 Å². The highest BCUT2D eigenvalue weighted by molar-refractivity contribution is 5.95. The van der Waals surface area contributed by atoms with Gasteiger partial charge in [0.15, 0.2) is 0 Å². The molecule has 1 heterocycles. The highest BCUT2D eigenvalue weighted by atomic mass is 35.5. The van der Waals surface area contributed by atoms with Crippen LogP contribution in [-0.2, 0) is 32.1 Å². The molecule has 0 bridgehead atoms. The minimum atomic E-state index is -0.733. The first-order valence-corrected chi connectivity index (χ1v) is 10.00. The second-order valence-corrected chi connectivity index (χ2v) is 6.83. The van der Waals surface area contributed by atoms with E-state index >= 15 is 0 Å². The van der Waals surface area contributed by atoms with Crippen molar-refractivity contribution in [3.8, 4) is 0 Å². The van der Waals surface area contributed by atoms with E-state index in [1.807, 2.05) is 12.1 Å². The van der Waals surface area contributed by atoms with Crippen molar-refractivity contribution < 1.29 is 23.9 Å². The predicted octanol–water partition coefficient (Wildman–Crippen LogP) is 3.00. The molecule has 1 aromatic carbocycles. The maximum Gasteiger partial charge on any atom is 0.407 e. The number of esters is 1. The number of pyridine rings is 1. The van der Waals surface area contributed by atoms with E-state index in [4.69, 9.17) is 10.5 Å². The molecule has 1 atom stereocenters. The van der Waals surface area contributed by atoms with Gasteiger partial charge in [0.1, 0.15) is 6.61 Å². The first-order chi connectivity index (χ1) is 15.0. The number of aryl methyl sites for hydroxylation is 1. The average molecular weight is 501 g/mol. The molecule has 0 spiro atoms. The second-order valence-electron chi connectivity index (χ2n) is 6.83. The van der Waals surface area contributed by atoms with Gasteiger partial charge < -0.3 is 25.8 Å². The smallest absolute Gasteiger partial charge is 0.407 e. The molecule has 0 aliphatic carbocycles. The fourth-order valence-electron chi connectivity index (χ4n) is 2.75. The Morgan fingerprint density at radius 3 is 2.48 bits per heavy atom. The number of anilines is 1. The van der Waals surface area contributed by atoms with Gasteiger partial charge in [-0.25, -0.2) is 4.79 Å². The molecule has 0 aliphatic heterocycles. The molecule has 0 saturated carbocycles. The number of para-hydroxylation sites is 1. The van der Waals surface area contributed by atoms with Gasteiger partial charge in [0.25, 0.3) is 0 Å². The van der Waals surface area contributed by atoms with Crippen LogP contribution in [0, 0.1) is 0 Å². The van der Waals surface area contributed by atoms with Crippen molar-refractivity contribution in [2.24, 2.45) is 5.73 Å². The molecule has 1 aromatic heterocycles. The number of carbonyl (C=O) groups is 3. The summed E-state index contributed by atoms with van der Waals surface area (Å²) in [6.45, 7) is 0.498. The summed E-state index contributed by atoms with van der Waals surface area (Å²) in [5.41, 5.74) is 8.26. The third kappa shape index (κ3) is 11.5. The number of benzene rings is 1. The molecule has 0 aliphatic rings. The van der Waals surface area contributed by atoms with Crippen molar-refractivity contribution in [1.29, 1.82) is 0 Å². The maximum atomic E-state index is 12.4. The van der Waals surface area contributed by atoms with Crippen LogP contribution in [0.5, 0.6) is 0 Å². The van der Waals surface area contributed by atoms with Crippen LogP contribution in [-0.4, -0.2) is 42.7 Å². The Balaban J connectivity index is 0.00000512. The fourth-order valence-corrected chi connectivity index (χ4v) is 2.75. The first kappa shape index (κ1) is 30.1. The van der Waals surface area contributed by atoms with E-state index < -0.39 is 12.1 Å². The normalized spacial score (nSPS) is 10.6. The Morgan fingerprint density at radius 2 is 1.79 bits per heavy atom. The third-order valence-corrected chi connectivity index (χ3v) is 4.52. The number of halogens is 2. The van der Waals surface area contributed by atoms with Crippen LogP contribution in [0.4, 0.5) is 10.5 Å². The maximum absolute atomic E-state index is 12.4. The Bertz CT molecular complexity index is 871. The van der Waals surface area contributed by atoms with Crippen LogP contribution in [0.15, 0.2) is 48.8 Å². The van der Waals surface area contributed by atoms with E-state index in [1.165, 1.54) is 7.11 Å². The molecular formula is C22H30Cl2N4O5. The molecule has 182 valence electrons. The van der Waals surface area contributed by atoms with E-state index in [0.29, 0.717) is 31.5 Å². The number of nitrogens with zero attached hydrogens (tertiary/aromatic N) is 1. The summed E-state index contributed by atoms with van der Waals surface area (Å²) in [6, 6.07) is 10.0. The molecule has 11 heteroatoms. The number of hydrogen-bond donors (Lipinski definition) is 3. The Labute approximate surface area is 205 Å². The van der Waals surface area contributed by atoms with Gasteiger partial charge in [0.05, 0.1) is 13.2 Å². The van der Waals surface area contributed by atoms with Gasteiger partial charge in [-0.1, -0.05) is 18.2 Å². The summed E-state index contributed by atoms with van der Waals surface area (Å²) in [6.07, 6.45) is 4.29. The highest BCUT2D eigenvalue weighted by Crippen LogP contribution is 2.17. The standard InChI is InChI=1S/C22H28N4O5.2ClH/c1-30-20(27)9-8-17-5-2-3-7-19(17)26-21(28)18(23)6-4-12-25-22(29)31-15-16-10-13-24-14-11-16;;/h2-3,5,7,10-11,13-14,18H,4,6,8-9,12,15,23H2,1H3,(H,25,29)(H,26,28);2*1H/t18-;;/m0../s1. The number of nitrogens with two attached hydrogens (primary N) is 1. The number of carbonyl (C=O) groups excluding carboxylic acids is 3. The number of ether oxygens (including phenoxy) is 2. The average Bonchev–Trinajstić information content (AvgIpc) is 2.80. The van der Waals surface area contributed by atoms with Crippen LogP contribution < -0.4 is 16.4 Å². The lowest BCUT2D eigenvalue weighted by molar-refractivity contribution is -0.140. The lowest BCUT2D eigenvalue weighted by Crippen LogP contribution is -2.36. The van der Waals surface area contributed by atoms with Crippen molar-refractivity contribution >= 4 is 48.5 Å². The number of hydrogen-bond acceptors (Lipinski definition) is 7. The molecular weight excluding hydrogens is 471 g/mol. The molecule has 0 radical (unpaired) electrons. The summed E-state index contributed by atoms with van der Waals surface area (Å²) >= 11 is 0. The van der Waals surface area contributed by atoms with Gasteiger partial charge in [-0.15, -0.1) is 24.8 Å². The molecule has 33 heavy (non-hydrogen) atoms. The summed E-state index contributed by atoms with van der Waals surface area (Å²) in [4.78, 5) is 39.4. The lowest BCUT2D eigenvalue weighted by Gasteiger charge is -2.15. The van der Waals surface area contributed by atoms with Crippen molar-refractivity contribution in [2.75, 3.05) is 19.0 Å². The van der Waals surface area contributed by atoms with E-state index in [1.54, 1.807) is 36.7 Å². The Morgan fingerprint density at radius 1 is 1.09 bits per heavy atom. The molecule has 2 aromatic rings. The van der Waals surface area contributed by atoms with Crippen LogP contribution in [0.25, 0.3) is 0 Å². The summed E-state index contributed by atoms with van der Waals surface area (Å²) in [5.74, 6) is -0.643. The number of aromatic nitrogens is 1. The van der Waals surface area contributed by atoms with E-state index in [0.717, 1.165) is 11.1 Å². The van der Waals surface area contributed by atoms with Crippen LogP contribution >= 0.6 is 24.8 Å². The second kappa shape index (κ2) is 16.7. The first-order valence-electron chi connectivity index (χ1n) is 10.00. The van der Waals surface area contributed by atoms with E-state index in [2.05, 4.69) is 20.4 Å². The quantitative estimate of drug-likeness (QED) is 0.319. The largest absolute Gasteiger partial charge is 0.469 e. The van der Waals surface area contributed by atoms with Gasteiger partial charge >= 0.3 is 12.1 Å². The molecule has 2 amide bonds. The number of methoxy groups -OCH3 is 1. The van der Waals surface area contributed by atoms with Gasteiger partial charge in [0.2, 0.25) is 5.91 Å². The zero-order chi connectivity index (χ0) is 22.5. The highest BCUT2D eigenvalue weighted by Gasteiger charge is 2.15. The topological polar surface area (TPSA) is 133 Å². The number of rotatable bonds is 11. The van der Waals surface area contributed by atoms with E-state index in [-0.39, 0.29) is 49.7 Å². The molecule has 2 rings (SSSR count). The molecule has 0 saturated heterocycles. The number of alkyl carbamates (subject to hydrolysis) is 1. The zero-order valence-corrected chi connectivity index (χ0v) is 20.0. The molecule has 9 nitrogen and oxygen atoms in total. The predicted molar refractivity (Wildman–Crippen MR) is 130 cm³/mol. The van der Waals surface area contributed by atoms with E-state index in [9.17, 15) is 14.4 Å². The molecule has 4 N–H and O–H groups in total. The van der Waals surface area contributed by atoms with Crippen molar-refractivity contribution in [3.05, 3.63) is 59.9 Å². The van der Waals surface area contributed by atoms with Gasteiger partial charge in [-0.3, -0.25) is 14.6 Å². The van der Waals surface area contributed by atoms with Crippen molar-refractivity contribution in [3.63, 3.8) is 0 Å². The van der Waals surface area contributed by atoms with Crippen LogP contribution in [0.2, 0.25) is 0 Å². The van der Waals surface area contributed by atoms with Crippen LogP contribution in [0.3, 0.4) is 0 Å². The molecule has 0 fully saturated rings. The summed E-state index contributed by atoms with van der Waals surface area (Å²) < 4.78 is 9.75. The monoisotopic (exact) mass is 500 g/mol. The minimum Gasteiger partial charge on any atom is -0.469 e.